The van der Waals surface area contributed by atoms with Gasteiger partial charge in [-0.2, -0.15) is 0 Å². The summed E-state index contributed by atoms with van der Waals surface area (Å²) in [6, 6.07) is 10.7. The second-order valence-corrected chi connectivity index (χ2v) is 5.27. The molecular weight excluding hydrogens is 286 g/mol. The van der Waals surface area contributed by atoms with Crippen LogP contribution in [0.15, 0.2) is 48.1 Å². The van der Waals surface area contributed by atoms with Crippen LogP contribution in [0.3, 0.4) is 0 Å². The summed E-state index contributed by atoms with van der Waals surface area (Å²) >= 11 is 1.53. The molecule has 0 bridgehead atoms. The molecule has 0 saturated carbocycles. The van der Waals surface area contributed by atoms with Crippen molar-refractivity contribution in [3.8, 4) is 0 Å². The van der Waals surface area contributed by atoms with Crippen molar-refractivity contribution >= 4 is 33.3 Å². The first-order valence-corrected chi connectivity index (χ1v) is 7.25. The minimum absolute atomic E-state index is 0.358. The fraction of sp³-hybridized carbons (Fsp3) is 0.133. The molecule has 6 heteroatoms. The third-order valence-electron chi connectivity index (χ3n) is 3.11. The number of hydrogen-bond donors (Lipinski definition) is 1. The number of esters is 1. The van der Waals surface area contributed by atoms with Gasteiger partial charge in [-0.25, -0.2) is 14.8 Å². The number of anilines is 1. The van der Waals surface area contributed by atoms with Crippen LogP contribution in [0.1, 0.15) is 11.6 Å². The first kappa shape index (κ1) is 13.5. The van der Waals surface area contributed by atoms with Crippen molar-refractivity contribution in [2.75, 3.05) is 12.4 Å². The Labute approximate surface area is 125 Å². The van der Waals surface area contributed by atoms with Crippen molar-refractivity contribution in [3.05, 3.63) is 53.7 Å². The predicted molar refractivity (Wildman–Crippen MR) is 82.2 cm³/mol. The Balaban J connectivity index is 1.99. The van der Waals surface area contributed by atoms with Gasteiger partial charge in [-0.15, -0.1) is 11.3 Å². The molecule has 0 amide bonds. The number of fused-ring (bicyclic) bond motifs is 1. The molecule has 1 atom stereocenters. The Morgan fingerprint density at radius 3 is 2.81 bits per heavy atom. The van der Waals surface area contributed by atoms with Crippen molar-refractivity contribution in [3.63, 3.8) is 0 Å². The summed E-state index contributed by atoms with van der Waals surface area (Å²) in [5.74, 6) is 0.267. The van der Waals surface area contributed by atoms with E-state index in [-0.39, 0.29) is 5.97 Å². The molecule has 0 aliphatic carbocycles. The van der Waals surface area contributed by atoms with Crippen molar-refractivity contribution in [1.82, 2.24) is 9.97 Å². The summed E-state index contributed by atoms with van der Waals surface area (Å²) in [5, 5.41) is 6.00. The second-order valence-electron chi connectivity index (χ2n) is 4.37. The SMILES string of the molecule is COC(=O)C(Nc1ncnc2sccc12)c1ccccc1. The van der Waals surface area contributed by atoms with E-state index in [0.29, 0.717) is 5.82 Å². The number of hydrogen-bond acceptors (Lipinski definition) is 6. The molecule has 2 heterocycles. The molecule has 21 heavy (non-hydrogen) atoms. The number of methoxy groups -OCH3 is 1. The Morgan fingerprint density at radius 1 is 1.24 bits per heavy atom. The average molecular weight is 299 g/mol. The number of ether oxygens (including phenoxy) is 1. The molecule has 3 rings (SSSR count). The fourth-order valence-electron chi connectivity index (χ4n) is 2.08. The maximum atomic E-state index is 12.1. The Morgan fingerprint density at radius 2 is 2.05 bits per heavy atom. The van der Waals surface area contributed by atoms with Gasteiger partial charge in [0.05, 0.1) is 12.5 Å². The zero-order chi connectivity index (χ0) is 14.7. The largest absolute Gasteiger partial charge is 0.467 e. The predicted octanol–water partition coefficient (Wildman–Crippen LogP) is 3.02. The van der Waals surface area contributed by atoms with Crippen molar-refractivity contribution in [2.24, 2.45) is 0 Å². The van der Waals surface area contributed by atoms with Crippen LogP contribution < -0.4 is 5.32 Å². The molecule has 2 aromatic heterocycles. The van der Waals surface area contributed by atoms with Gasteiger partial charge in [0.25, 0.3) is 0 Å². The van der Waals surface area contributed by atoms with Gasteiger partial charge in [-0.3, -0.25) is 0 Å². The Hall–Kier alpha value is -2.47. The molecule has 1 N–H and O–H groups in total. The van der Waals surface area contributed by atoms with Crippen LogP contribution in [0.25, 0.3) is 10.2 Å². The van der Waals surface area contributed by atoms with Crippen LogP contribution in [0.4, 0.5) is 5.82 Å². The van der Waals surface area contributed by atoms with Crippen LogP contribution in [0.5, 0.6) is 0 Å². The lowest BCUT2D eigenvalue weighted by atomic mass is 10.1. The van der Waals surface area contributed by atoms with Gasteiger partial charge >= 0.3 is 5.97 Å². The maximum Gasteiger partial charge on any atom is 0.333 e. The van der Waals surface area contributed by atoms with E-state index in [1.807, 2.05) is 41.8 Å². The van der Waals surface area contributed by atoms with E-state index in [0.717, 1.165) is 15.8 Å². The van der Waals surface area contributed by atoms with E-state index in [1.54, 1.807) is 0 Å². The first-order valence-electron chi connectivity index (χ1n) is 6.37. The molecule has 3 aromatic rings. The third-order valence-corrected chi connectivity index (χ3v) is 3.93. The monoisotopic (exact) mass is 299 g/mol. The van der Waals surface area contributed by atoms with Gasteiger partial charge in [-0.1, -0.05) is 30.3 Å². The van der Waals surface area contributed by atoms with Crippen molar-refractivity contribution in [2.45, 2.75) is 6.04 Å². The summed E-state index contributed by atoms with van der Waals surface area (Å²) in [5.41, 5.74) is 0.825. The van der Waals surface area contributed by atoms with Gasteiger partial charge in [0.15, 0.2) is 6.04 Å². The highest BCUT2D eigenvalue weighted by molar-refractivity contribution is 7.16. The van der Waals surface area contributed by atoms with Crippen molar-refractivity contribution < 1.29 is 9.53 Å². The fourth-order valence-corrected chi connectivity index (χ4v) is 2.82. The van der Waals surface area contributed by atoms with Gasteiger partial charge in [-0.05, 0) is 17.0 Å². The summed E-state index contributed by atoms with van der Waals surface area (Å²) in [6.45, 7) is 0. The molecule has 5 nitrogen and oxygen atoms in total. The van der Waals surface area contributed by atoms with Gasteiger partial charge in [0, 0.05) is 0 Å². The lowest BCUT2D eigenvalue weighted by molar-refractivity contribution is -0.141. The molecule has 0 aliphatic heterocycles. The number of nitrogens with zero attached hydrogens (tertiary/aromatic N) is 2. The van der Waals surface area contributed by atoms with Crippen LogP contribution in [-0.4, -0.2) is 23.0 Å². The second kappa shape index (κ2) is 5.88. The summed E-state index contributed by atoms with van der Waals surface area (Å²) in [4.78, 5) is 21.4. The average Bonchev–Trinajstić information content (AvgIpc) is 3.02. The number of nitrogens with one attached hydrogen (secondary N) is 1. The highest BCUT2D eigenvalue weighted by Gasteiger charge is 2.22. The Bertz CT molecular complexity index is 758. The first-order chi connectivity index (χ1) is 10.3. The highest BCUT2D eigenvalue weighted by Crippen LogP contribution is 2.27. The number of thiophene rings is 1. The minimum Gasteiger partial charge on any atom is -0.467 e. The molecule has 0 spiro atoms. The van der Waals surface area contributed by atoms with Gasteiger partial charge < -0.3 is 10.1 Å². The minimum atomic E-state index is -0.603. The van der Waals surface area contributed by atoms with Crippen LogP contribution in [-0.2, 0) is 9.53 Å². The molecule has 1 unspecified atom stereocenters. The molecule has 0 radical (unpaired) electrons. The number of aromatic nitrogens is 2. The maximum absolute atomic E-state index is 12.1. The van der Waals surface area contributed by atoms with Crippen molar-refractivity contribution in [1.29, 1.82) is 0 Å². The van der Waals surface area contributed by atoms with Crippen LogP contribution >= 0.6 is 11.3 Å². The summed E-state index contributed by atoms with van der Waals surface area (Å²) in [7, 11) is 1.38. The zero-order valence-electron chi connectivity index (χ0n) is 11.3. The normalized spacial score (nSPS) is 12.0. The van der Waals surface area contributed by atoms with E-state index in [4.69, 9.17) is 4.74 Å². The molecule has 0 fully saturated rings. The van der Waals surface area contributed by atoms with E-state index in [2.05, 4.69) is 15.3 Å². The van der Waals surface area contributed by atoms with E-state index in [9.17, 15) is 4.79 Å². The smallest absolute Gasteiger partial charge is 0.333 e. The summed E-state index contributed by atoms with van der Waals surface area (Å²) in [6.07, 6.45) is 1.49. The zero-order valence-corrected chi connectivity index (χ0v) is 12.1. The lowest BCUT2D eigenvalue weighted by Crippen LogP contribution is -2.22. The standard InChI is InChI=1S/C15H13N3O2S/c1-20-15(19)12(10-5-3-2-4-6-10)18-13-11-7-8-21-14(11)17-9-16-13/h2-9,12H,1H3,(H,16,17,18). The number of carbonyl (C=O) groups is 1. The molecule has 1 aromatic carbocycles. The number of rotatable bonds is 4. The van der Waals surface area contributed by atoms with Crippen LogP contribution in [0, 0.1) is 0 Å². The number of carbonyl (C=O) groups excluding carboxylic acids is 1. The molecule has 106 valence electrons. The van der Waals surface area contributed by atoms with E-state index >= 15 is 0 Å². The lowest BCUT2D eigenvalue weighted by Gasteiger charge is -2.17. The van der Waals surface area contributed by atoms with E-state index in [1.165, 1.54) is 24.8 Å². The van der Waals surface area contributed by atoms with E-state index < -0.39 is 6.04 Å². The van der Waals surface area contributed by atoms with Crippen LogP contribution in [0.2, 0.25) is 0 Å². The van der Waals surface area contributed by atoms with Gasteiger partial charge in [0.1, 0.15) is 17.0 Å². The quantitative estimate of drug-likeness (QED) is 0.750. The Kier molecular flexibility index (Phi) is 3.79. The van der Waals surface area contributed by atoms with Gasteiger partial charge in [0.2, 0.25) is 0 Å². The molecule has 0 saturated heterocycles. The topological polar surface area (TPSA) is 64.1 Å². The number of benzene rings is 1. The third kappa shape index (κ3) is 2.71. The molecular formula is C15H13N3O2S. The summed E-state index contributed by atoms with van der Waals surface area (Å²) < 4.78 is 4.89. The molecule has 0 aliphatic rings. The highest BCUT2D eigenvalue weighted by atomic mass is 32.1.